The molecular formula is C54H44Cl2F2N8O4. The average molecular weight is 978 g/mol. The third kappa shape index (κ3) is 8.77. The van der Waals surface area contributed by atoms with E-state index in [-0.39, 0.29) is 57.7 Å². The van der Waals surface area contributed by atoms with Crippen molar-refractivity contribution in [2.75, 3.05) is 36.8 Å². The van der Waals surface area contributed by atoms with Crippen LogP contribution >= 0.6 is 23.2 Å². The monoisotopic (exact) mass is 976 g/mol. The van der Waals surface area contributed by atoms with Crippen molar-refractivity contribution in [1.29, 1.82) is 0 Å². The van der Waals surface area contributed by atoms with E-state index in [0.29, 0.717) is 49.7 Å². The number of hydrogen-bond acceptors (Lipinski definition) is 10. The molecule has 0 radical (unpaired) electrons. The molecule has 0 spiro atoms. The van der Waals surface area contributed by atoms with Crippen LogP contribution in [0.1, 0.15) is 35.1 Å². The lowest BCUT2D eigenvalue weighted by Gasteiger charge is -2.21. The summed E-state index contributed by atoms with van der Waals surface area (Å²) in [6, 6.07) is 41.1. The van der Waals surface area contributed by atoms with Crippen molar-refractivity contribution in [2.24, 2.45) is 11.8 Å². The smallest absolute Gasteiger partial charge is 0.410 e. The Hall–Kier alpha value is -7.42. The summed E-state index contributed by atoms with van der Waals surface area (Å²) < 4.78 is 40.1. The first-order valence-electron chi connectivity index (χ1n) is 22.9. The molecule has 4 aliphatic rings. The van der Waals surface area contributed by atoms with E-state index in [1.54, 1.807) is 34.1 Å². The van der Waals surface area contributed by atoms with Gasteiger partial charge in [0.25, 0.3) is 0 Å². The molecule has 4 atom stereocenters. The zero-order chi connectivity index (χ0) is 48.0. The molecule has 2 saturated heterocycles. The summed E-state index contributed by atoms with van der Waals surface area (Å²) in [5.41, 5.74) is 5.96. The quantitative estimate of drug-likeness (QED) is 0.136. The second-order valence-corrected chi connectivity index (χ2v) is 19.1. The molecular weight excluding hydrogens is 934 g/mol. The van der Waals surface area contributed by atoms with Gasteiger partial charge in [0.05, 0.1) is 32.5 Å². The number of halogens is 4. The second kappa shape index (κ2) is 18.5. The number of hydrogen-bond donors (Lipinski definition) is 2. The average Bonchev–Trinajstić information content (AvgIpc) is 4.19. The molecule has 12 rings (SSSR count). The zero-order valence-electron chi connectivity index (χ0n) is 37.5. The van der Waals surface area contributed by atoms with Gasteiger partial charge in [-0.05, 0) is 95.5 Å². The third-order valence-corrected chi connectivity index (χ3v) is 14.6. The van der Waals surface area contributed by atoms with Crippen LogP contribution in [-0.2, 0) is 33.5 Å². The Morgan fingerprint density at radius 3 is 1.43 bits per heavy atom. The molecule has 4 heterocycles. The molecule has 2 saturated carbocycles. The molecule has 8 aromatic rings. The van der Waals surface area contributed by atoms with Gasteiger partial charge in [-0.25, -0.2) is 38.3 Å². The summed E-state index contributed by atoms with van der Waals surface area (Å²) in [5, 5.41) is 7.78. The number of rotatable bonds is 10. The molecule has 16 heteroatoms. The van der Waals surface area contributed by atoms with Crippen molar-refractivity contribution in [2.45, 2.75) is 36.9 Å². The minimum absolute atomic E-state index is 0.0407. The number of nitrogens with one attached hydrogen (secondary N) is 2. The molecule has 4 fully saturated rings. The summed E-state index contributed by atoms with van der Waals surface area (Å²) in [7, 11) is 0. The van der Waals surface area contributed by atoms with Crippen LogP contribution in [0.2, 0.25) is 10.0 Å². The molecule has 2 aliphatic carbocycles. The number of likely N-dealkylation sites (tertiary alicyclic amines) is 2. The van der Waals surface area contributed by atoms with E-state index in [9.17, 15) is 18.4 Å². The van der Waals surface area contributed by atoms with Crippen molar-refractivity contribution in [1.82, 2.24) is 29.7 Å². The molecule has 2 aliphatic heterocycles. The summed E-state index contributed by atoms with van der Waals surface area (Å²) in [6.07, 6.45) is 4.35. The van der Waals surface area contributed by atoms with E-state index >= 15 is 0 Å². The number of nitrogens with zero attached hydrogens (tertiary/aromatic N) is 6. The largest absolute Gasteiger partial charge is 0.445 e. The van der Waals surface area contributed by atoms with Crippen LogP contribution in [0.25, 0.3) is 21.8 Å². The highest BCUT2D eigenvalue weighted by Gasteiger charge is 2.63. The van der Waals surface area contributed by atoms with Gasteiger partial charge in [-0.15, -0.1) is 0 Å². The van der Waals surface area contributed by atoms with E-state index < -0.39 is 11.6 Å². The van der Waals surface area contributed by atoms with Gasteiger partial charge in [-0.1, -0.05) is 108 Å². The second-order valence-electron chi connectivity index (χ2n) is 18.3. The molecule has 2 amide bonds. The van der Waals surface area contributed by atoms with Crippen molar-refractivity contribution in [3.63, 3.8) is 0 Å². The van der Waals surface area contributed by atoms with Crippen LogP contribution in [0.3, 0.4) is 0 Å². The number of benzene rings is 6. The molecule has 70 heavy (non-hydrogen) atoms. The number of carbonyl (C=O) groups is 2. The molecule has 2 aromatic heterocycles. The molecule has 352 valence electrons. The maximum absolute atomic E-state index is 14.5. The van der Waals surface area contributed by atoms with Crippen LogP contribution in [0.4, 0.5) is 41.4 Å². The van der Waals surface area contributed by atoms with Gasteiger partial charge in [0.1, 0.15) is 37.5 Å². The third-order valence-electron chi connectivity index (χ3n) is 14.0. The van der Waals surface area contributed by atoms with E-state index in [1.807, 2.05) is 72.8 Å². The van der Waals surface area contributed by atoms with Gasteiger partial charge in [0.15, 0.2) is 11.6 Å². The first-order valence-corrected chi connectivity index (χ1v) is 23.7. The lowest BCUT2D eigenvalue weighted by Crippen LogP contribution is -2.33. The Bertz CT molecular complexity index is 3090. The van der Waals surface area contributed by atoms with Gasteiger partial charge in [-0.3, -0.25) is 0 Å². The van der Waals surface area contributed by atoms with Crippen molar-refractivity contribution < 1.29 is 27.8 Å². The molecule has 12 nitrogen and oxygen atoms in total. The maximum atomic E-state index is 14.5. The predicted molar refractivity (Wildman–Crippen MR) is 264 cm³/mol. The van der Waals surface area contributed by atoms with Crippen molar-refractivity contribution >= 4 is 80.2 Å². The van der Waals surface area contributed by atoms with Gasteiger partial charge < -0.3 is 29.9 Å². The standard InChI is InChI=1S/2C27H22ClFN4O2/c2*28-21-7-4-8-23(24(21)29)32-25-20-11-18(9-10-22(20)30-16-31-25)27-12-19(27)13-33(15-27)26(34)35-14-17-5-2-1-3-6-17/h2*1-11,16,19H,12-15H2,(H,30,31,32)/t19-,27+;/m1./s1. The maximum Gasteiger partial charge on any atom is 0.410 e. The normalized spacial score (nSPS) is 20.5. The molecule has 6 aromatic carbocycles. The Balaban J connectivity index is 0.000000152. The molecule has 2 N–H and O–H groups in total. The van der Waals surface area contributed by atoms with E-state index in [4.69, 9.17) is 32.7 Å². The fraction of sp³-hybridized carbons (Fsp3) is 0.222. The van der Waals surface area contributed by atoms with Crippen LogP contribution in [-0.4, -0.2) is 68.1 Å². The van der Waals surface area contributed by atoms with Crippen LogP contribution < -0.4 is 10.6 Å². The van der Waals surface area contributed by atoms with Gasteiger partial charge in [0.2, 0.25) is 0 Å². The molecule has 2 unspecified atom stereocenters. The lowest BCUT2D eigenvalue weighted by molar-refractivity contribution is 0.0991. The fourth-order valence-corrected chi connectivity index (χ4v) is 10.5. The minimum atomic E-state index is -0.529. The Labute approximate surface area is 411 Å². The summed E-state index contributed by atoms with van der Waals surface area (Å²) in [5.74, 6) is 0.718. The first-order chi connectivity index (χ1) is 34.1. The lowest BCUT2D eigenvalue weighted by atomic mass is 9.93. The summed E-state index contributed by atoms with van der Waals surface area (Å²) >= 11 is 11.9. The van der Waals surface area contributed by atoms with Gasteiger partial charge in [-0.2, -0.15) is 0 Å². The van der Waals surface area contributed by atoms with Gasteiger partial charge in [0, 0.05) is 47.8 Å². The first kappa shape index (κ1) is 45.0. The van der Waals surface area contributed by atoms with E-state index in [2.05, 4.69) is 54.8 Å². The number of ether oxygens (including phenoxy) is 2. The SMILES string of the molecule is O=C(OCc1ccccc1)N1CC2CC2(c2ccc3ncnc(Nc4cccc(Cl)c4F)c3c2)C1.O=C(OCc1ccccc1)N1C[C@H]2C[C@@]2(c2ccc3ncnc(Nc4cccc(Cl)c4F)c3c2)C1. The Kier molecular flexibility index (Phi) is 11.9. The highest BCUT2D eigenvalue weighted by molar-refractivity contribution is 6.31. The summed E-state index contributed by atoms with van der Waals surface area (Å²) in [6.45, 7) is 3.09. The van der Waals surface area contributed by atoms with E-state index in [1.165, 1.54) is 24.8 Å². The highest BCUT2D eigenvalue weighted by atomic mass is 35.5. The highest BCUT2D eigenvalue weighted by Crippen LogP contribution is 2.60. The van der Waals surface area contributed by atoms with Gasteiger partial charge >= 0.3 is 12.2 Å². The van der Waals surface area contributed by atoms with Crippen LogP contribution in [0, 0.1) is 23.5 Å². The zero-order valence-corrected chi connectivity index (χ0v) is 39.0. The topological polar surface area (TPSA) is 135 Å². The number of amides is 2. The number of piperidine rings is 2. The summed E-state index contributed by atoms with van der Waals surface area (Å²) in [4.78, 5) is 46.5. The Morgan fingerprint density at radius 2 is 1.00 bits per heavy atom. The van der Waals surface area contributed by atoms with E-state index in [0.717, 1.165) is 56.9 Å². The number of fused-ring (bicyclic) bond motifs is 4. The Morgan fingerprint density at radius 1 is 0.571 bits per heavy atom. The molecule has 0 bridgehead atoms. The van der Waals surface area contributed by atoms with Crippen molar-refractivity contribution in [3.8, 4) is 0 Å². The minimum Gasteiger partial charge on any atom is -0.445 e. The number of anilines is 4. The number of carbonyl (C=O) groups excluding carboxylic acids is 2. The fourth-order valence-electron chi connectivity index (χ4n) is 10.1. The predicted octanol–water partition coefficient (Wildman–Crippen LogP) is 12.2. The van der Waals surface area contributed by atoms with Crippen molar-refractivity contribution in [3.05, 3.63) is 190 Å². The van der Waals surface area contributed by atoms with Crippen LogP contribution in [0.5, 0.6) is 0 Å². The number of aromatic nitrogens is 4. The van der Waals surface area contributed by atoms with Crippen LogP contribution in [0.15, 0.2) is 146 Å².